The van der Waals surface area contributed by atoms with Crippen molar-refractivity contribution in [3.05, 3.63) is 63.6 Å². The fourth-order valence-electron chi connectivity index (χ4n) is 2.64. The Bertz CT molecular complexity index is 879. The molecule has 1 heterocycles. The highest BCUT2D eigenvalue weighted by Gasteiger charge is 2.28. The molecule has 0 spiro atoms. The van der Waals surface area contributed by atoms with Gasteiger partial charge in [-0.25, -0.2) is 13.2 Å². The highest BCUT2D eigenvalue weighted by atomic mass is 79.9. The summed E-state index contributed by atoms with van der Waals surface area (Å²) in [5.41, 5.74) is 2.06. The van der Waals surface area contributed by atoms with Crippen LogP contribution in [-0.4, -0.2) is 30.3 Å². The molecule has 0 unspecified atom stereocenters. The summed E-state index contributed by atoms with van der Waals surface area (Å²) >= 11 is 3.42. The van der Waals surface area contributed by atoms with Crippen LogP contribution in [0.25, 0.3) is 0 Å². The van der Waals surface area contributed by atoms with E-state index in [-0.39, 0.29) is 10.5 Å². The lowest BCUT2D eigenvalue weighted by molar-refractivity contribution is 0.0696. The molecule has 0 saturated carbocycles. The second-order valence-electron chi connectivity index (χ2n) is 5.33. The van der Waals surface area contributed by atoms with Crippen LogP contribution in [-0.2, 0) is 23.0 Å². The second-order valence-corrected chi connectivity index (χ2v) is 8.19. The van der Waals surface area contributed by atoms with Gasteiger partial charge in [0.05, 0.1) is 10.5 Å². The molecule has 1 N–H and O–H groups in total. The molecule has 0 radical (unpaired) electrons. The average molecular weight is 396 g/mol. The fraction of sp³-hybridized carbons (Fsp3) is 0.188. The molecule has 0 amide bonds. The van der Waals surface area contributed by atoms with Crippen LogP contribution >= 0.6 is 15.9 Å². The van der Waals surface area contributed by atoms with Crippen molar-refractivity contribution < 1.29 is 18.3 Å². The predicted octanol–water partition coefficient (Wildman–Crippen LogP) is 2.89. The minimum atomic E-state index is -3.71. The SMILES string of the molecule is O=C(O)c1cccc(S(=O)(=O)N2CCc3cc(Br)ccc3C2)c1. The van der Waals surface area contributed by atoms with Gasteiger partial charge < -0.3 is 5.11 Å². The maximum absolute atomic E-state index is 12.8. The number of aromatic carboxylic acids is 1. The number of hydrogen-bond acceptors (Lipinski definition) is 3. The molecule has 0 fully saturated rings. The first-order valence-electron chi connectivity index (χ1n) is 6.99. The number of benzene rings is 2. The van der Waals surface area contributed by atoms with Crippen LogP contribution in [0.3, 0.4) is 0 Å². The van der Waals surface area contributed by atoms with Gasteiger partial charge in [0.25, 0.3) is 0 Å². The number of halogens is 1. The van der Waals surface area contributed by atoms with Gasteiger partial charge in [0.2, 0.25) is 10.0 Å². The molecule has 120 valence electrons. The third kappa shape index (κ3) is 3.17. The molecule has 1 aliphatic rings. The third-order valence-electron chi connectivity index (χ3n) is 3.86. The number of carboxylic acids is 1. The first-order chi connectivity index (χ1) is 10.9. The number of hydrogen-bond donors (Lipinski definition) is 1. The molecule has 0 saturated heterocycles. The first-order valence-corrected chi connectivity index (χ1v) is 9.22. The molecular weight excluding hydrogens is 382 g/mol. The van der Waals surface area contributed by atoms with Gasteiger partial charge in [-0.1, -0.05) is 28.1 Å². The van der Waals surface area contributed by atoms with Crippen molar-refractivity contribution in [2.75, 3.05) is 6.54 Å². The van der Waals surface area contributed by atoms with Crippen LogP contribution in [0.2, 0.25) is 0 Å². The molecule has 2 aromatic carbocycles. The minimum absolute atomic E-state index is 0.0120. The maximum atomic E-state index is 12.8. The normalized spacial score (nSPS) is 15.2. The van der Waals surface area contributed by atoms with E-state index in [0.717, 1.165) is 15.6 Å². The average Bonchev–Trinajstić information content (AvgIpc) is 2.54. The van der Waals surface area contributed by atoms with Crippen molar-refractivity contribution in [3.63, 3.8) is 0 Å². The zero-order valence-electron chi connectivity index (χ0n) is 12.1. The summed E-state index contributed by atoms with van der Waals surface area (Å²) in [4.78, 5) is 11.1. The van der Waals surface area contributed by atoms with E-state index in [4.69, 9.17) is 5.11 Å². The molecule has 3 rings (SSSR count). The van der Waals surface area contributed by atoms with Gasteiger partial charge in [0.1, 0.15) is 0 Å². The predicted molar refractivity (Wildman–Crippen MR) is 88.8 cm³/mol. The van der Waals surface area contributed by atoms with E-state index in [9.17, 15) is 13.2 Å². The van der Waals surface area contributed by atoms with Crippen molar-refractivity contribution in [1.82, 2.24) is 4.31 Å². The Morgan fingerprint density at radius 2 is 1.91 bits per heavy atom. The van der Waals surface area contributed by atoms with Crippen molar-refractivity contribution in [3.8, 4) is 0 Å². The Balaban J connectivity index is 1.93. The van der Waals surface area contributed by atoms with Crippen molar-refractivity contribution in [2.45, 2.75) is 17.9 Å². The van der Waals surface area contributed by atoms with Gasteiger partial charge in [-0.3, -0.25) is 0 Å². The number of nitrogens with zero attached hydrogens (tertiary/aromatic N) is 1. The Kier molecular flexibility index (Phi) is 4.27. The highest BCUT2D eigenvalue weighted by Crippen LogP contribution is 2.27. The fourth-order valence-corrected chi connectivity index (χ4v) is 4.51. The van der Waals surface area contributed by atoms with Crippen molar-refractivity contribution >= 4 is 31.9 Å². The summed E-state index contributed by atoms with van der Waals surface area (Å²) in [7, 11) is -3.71. The van der Waals surface area contributed by atoms with E-state index in [1.165, 1.54) is 28.6 Å². The lowest BCUT2D eigenvalue weighted by Crippen LogP contribution is -2.36. The van der Waals surface area contributed by atoms with Crippen LogP contribution in [0.5, 0.6) is 0 Å². The van der Waals surface area contributed by atoms with Gasteiger partial charge in [-0.15, -0.1) is 0 Å². The summed E-state index contributed by atoms with van der Waals surface area (Å²) in [5, 5.41) is 9.03. The van der Waals surface area contributed by atoms with Crippen LogP contribution in [0.4, 0.5) is 0 Å². The Hall–Kier alpha value is -1.70. The molecule has 0 bridgehead atoms. The number of carbonyl (C=O) groups is 1. The van der Waals surface area contributed by atoms with Crippen molar-refractivity contribution in [1.29, 1.82) is 0 Å². The summed E-state index contributed by atoms with van der Waals surface area (Å²) in [6.07, 6.45) is 0.632. The van der Waals surface area contributed by atoms with Crippen LogP contribution in [0, 0.1) is 0 Å². The van der Waals surface area contributed by atoms with Crippen LogP contribution < -0.4 is 0 Å². The van der Waals surface area contributed by atoms with Crippen LogP contribution in [0.1, 0.15) is 21.5 Å². The molecule has 7 heteroatoms. The third-order valence-corrected chi connectivity index (χ3v) is 6.20. The summed E-state index contributed by atoms with van der Waals surface area (Å²) in [6, 6.07) is 11.3. The Morgan fingerprint density at radius 1 is 1.13 bits per heavy atom. The van der Waals surface area contributed by atoms with E-state index in [2.05, 4.69) is 15.9 Å². The topological polar surface area (TPSA) is 74.7 Å². The van der Waals surface area contributed by atoms with Crippen LogP contribution in [0.15, 0.2) is 51.8 Å². The van der Waals surface area contributed by atoms with E-state index in [1.54, 1.807) is 0 Å². The summed E-state index contributed by atoms with van der Waals surface area (Å²) in [5.74, 6) is -1.14. The quantitative estimate of drug-likeness (QED) is 0.866. The Morgan fingerprint density at radius 3 is 2.65 bits per heavy atom. The zero-order valence-corrected chi connectivity index (χ0v) is 14.5. The smallest absolute Gasteiger partial charge is 0.335 e. The van der Waals surface area contributed by atoms with E-state index >= 15 is 0 Å². The number of rotatable bonds is 3. The van der Waals surface area contributed by atoms with E-state index in [1.807, 2.05) is 18.2 Å². The molecule has 0 aliphatic carbocycles. The zero-order chi connectivity index (χ0) is 16.6. The molecular formula is C16H14BrNO4S. The molecule has 1 aliphatic heterocycles. The van der Waals surface area contributed by atoms with Gasteiger partial charge in [0.15, 0.2) is 0 Å². The number of sulfonamides is 1. The van der Waals surface area contributed by atoms with Gasteiger partial charge >= 0.3 is 5.97 Å². The number of fused-ring (bicyclic) bond motifs is 1. The van der Waals surface area contributed by atoms with Crippen molar-refractivity contribution in [2.24, 2.45) is 0 Å². The van der Waals surface area contributed by atoms with Gasteiger partial charge in [-0.2, -0.15) is 4.31 Å². The minimum Gasteiger partial charge on any atom is -0.478 e. The van der Waals surface area contributed by atoms with Gasteiger partial charge in [0, 0.05) is 17.6 Å². The first kappa shape index (κ1) is 16.2. The lowest BCUT2D eigenvalue weighted by atomic mass is 10.0. The maximum Gasteiger partial charge on any atom is 0.335 e. The molecule has 2 aromatic rings. The van der Waals surface area contributed by atoms with Gasteiger partial charge in [-0.05, 0) is 47.9 Å². The molecule has 23 heavy (non-hydrogen) atoms. The molecule has 5 nitrogen and oxygen atoms in total. The highest BCUT2D eigenvalue weighted by molar-refractivity contribution is 9.10. The monoisotopic (exact) mass is 395 g/mol. The molecule has 0 atom stereocenters. The molecule has 0 aromatic heterocycles. The number of carboxylic acid groups (broad SMARTS) is 1. The second kappa shape index (κ2) is 6.07. The largest absolute Gasteiger partial charge is 0.478 e. The summed E-state index contributed by atoms with van der Waals surface area (Å²) < 4.78 is 27.9. The standard InChI is InChI=1S/C16H14BrNO4S/c17-14-5-4-13-10-18(7-6-11(13)8-14)23(21,22)15-3-1-2-12(9-15)16(19)20/h1-5,8-9H,6-7,10H2,(H,19,20). The summed E-state index contributed by atoms with van der Waals surface area (Å²) in [6.45, 7) is 0.672. The van der Waals surface area contributed by atoms with E-state index in [0.29, 0.717) is 19.5 Å². The lowest BCUT2D eigenvalue weighted by Gasteiger charge is -2.28. The Labute approximate surface area is 142 Å². The van der Waals surface area contributed by atoms with E-state index < -0.39 is 16.0 Å².